The molecule has 0 heterocycles. The third kappa shape index (κ3) is 8.05. The maximum absolute atomic E-state index is 12.2. The van der Waals surface area contributed by atoms with Crippen molar-refractivity contribution in [2.45, 2.75) is 25.9 Å². The first kappa shape index (κ1) is 20.1. The fourth-order valence-electron chi connectivity index (χ4n) is 1.90. The van der Waals surface area contributed by atoms with E-state index in [1.54, 1.807) is 12.1 Å². The summed E-state index contributed by atoms with van der Waals surface area (Å²) in [7, 11) is 1.35. The highest BCUT2D eigenvalue weighted by molar-refractivity contribution is 5.76. The fraction of sp³-hybridized carbons (Fsp3) is 0.562. The zero-order valence-electron chi connectivity index (χ0n) is 13.7. The van der Waals surface area contributed by atoms with Crippen LogP contribution in [0.4, 0.5) is 13.2 Å². The van der Waals surface area contributed by atoms with Crippen molar-refractivity contribution in [1.82, 2.24) is 5.32 Å². The van der Waals surface area contributed by atoms with Crippen LogP contribution in [-0.2, 0) is 16.0 Å². The number of methoxy groups -OCH3 is 1. The molecule has 0 fully saturated rings. The summed E-state index contributed by atoms with van der Waals surface area (Å²) >= 11 is 0. The number of aryl methyl sites for hydroxylation is 1. The molecule has 1 amide bonds. The van der Waals surface area contributed by atoms with Crippen molar-refractivity contribution in [2.24, 2.45) is 0 Å². The Kier molecular flexibility index (Phi) is 8.39. The van der Waals surface area contributed by atoms with Crippen LogP contribution in [0.25, 0.3) is 0 Å². The van der Waals surface area contributed by atoms with E-state index < -0.39 is 12.8 Å². The van der Waals surface area contributed by atoms with Gasteiger partial charge in [-0.15, -0.1) is 0 Å². The Bertz CT molecular complexity index is 521. The number of hydrogen-bond donors (Lipinski definition) is 1. The van der Waals surface area contributed by atoms with Gasteiger partial charge in [-0.1, -0.05) is 6.07 Å². The van der Waals surface area contributed by atoms with Gasteiger partial charge in [0, 0.05) is 19.6 Å². The number of amides is 1. The van der Waals surface area contributed by atoms with E-state index in [0.29, 0.717) is 26.2 Å². The highest BCUT2D eigenvalue weighted by Crippen LogP contribution is 2.30. The lowest BCUT2D eigenvalue weighted by molar-refractivity contribution is -0.153. The van der Waals surface area contributed by atoms with Crippen molar-refractivity contribution in [3.8, 4) is 11.5 Å². The molecule has 0 aliphatic rings. The highest BCUT2D eigenvalue weighted by atomic mass is 19.4. The van der Waals surface area contributed by atoms with Gasteiger partial charge >= 0.3 is 6.18 Å². The van der Waals surface area contributed by atoms with Crippen molar-refractivity contribution in [3.63, 3.8) is 0 Å². The van der Waals surface area contributed by atoms with E-state index in [1.807, 2.05) is 6.92 Å². The first-order chi connectivity index (χ1) is 11.4. The quantitative estimate of drug-likeness (QED) is 0.660. The molecule has 1 rings (SSSR count). The molecule has 0 atom stereocenters. The Labute approximate surface area is 139 Å². The van der Waals surface area contributed by atoms with Crippen molar-refractivity contribution in [1.29, 1.82) is 0 Å². The molecule has 0 unspecified atom stereocenters. The Morgan fingerprint density at radius 3 is 2.62 bits per heavy atom. The minimum atomic E-state index is -4.41. The molecule has 0 spiro atoms. The molecule has 1 aromatic carbocycles. The molecule has 8 heteroatoms. The van der Waals surface area contributed by atoms with Crippen LogP contribution in [0.15, 0.2) is 18.2 Å². The zero-order chi connectivity index (χ0) is 18.0. The van der Waals surface area contributed by atoms with Crippen LogP contribution < -0.4 is 14.8 Å². The average molecular weight is 349 g/mol. The van der Waals surface area contributed by atoms with Gasteiger partial charge in [0.1, 0.15) is 0 Å². The van der Waals surface area contributed by atoms with Gasteiger partial charge in [0.25, 0.3) is 0 Å². The Hall–Kier alpha value is -1.96. The van der Waals surface area contributed by atoms with E-state index in [0.717, 1.165) is 5.56 Å². The molecular formula is C16H22F3NO4. The van der Waals surface area contributed by atoms with Gasteiger partial charge in [-0.2, -0.15) is 13.2 Å². The number of benzene rings is 1. The largest absolute Gasteiger partial charge is 0.493 e. The Balaban J connectivity index is 2.50. The molecule has 24 heavy (non-hydrogen) atoms. The van der Waals surface area contributed by atoms with E-state index in [-0.39, 0.29) is 23.8 Å². The third-order valence-electron chi connectivity index (χ3n) is 3.03. The lowest BCUT2D eigenvalue weighted by Gasteiger charge is -2.13. The number of rotatable bonds is 10. The normalized spacial score (nSPS) is 11.2. The average Bonchev–Trinajstić information content (AvgIpc) is 2.54. The van der Waals surface area contributed by atoms with Crippen molar-refractivity contribution in [2.75, 3.05) is 33.5 Å². The van der Waals surface area contributed by atoms with Crippen molar-refractivity contribution >= 4 is 5.91 Å². The summed E-state index contributed by atoms with van der Waals surface area (Å²) in [5.74, 6) is 0.0966. The molecule has 136 valence electrons. The Morgan fingerprint density at radius 2 is 2.00 bits per heavy atom. The molecule has 1 N–H and O–H groups in total. The molecule has 5 nitrogen and oxygen atoms in total. The van der Waals surface area contributed by atoms with Crippen LogP contribution >= 0.6 is 0 Å². The first-order valence-corrected chi connectivity index (χ1v) is 7.56. The molecule has 1 aromatic rings. The second kappa shape index (κ2) is 10.0. The summed E-state index contributed by atoms with van der Waals surface area (Å²) in [6, 6.07) is 4.59. The molecular weight excluding hydrogens is 327 g/mol. The Morgan fingerprint density at radius 1 is 1.25 bits per heavy atom. The maximum atomic E-state index is 12.2. The standard InChI is InChI=1S/C16H22F3NO4/c1-3-23-9-8-20-15(21)7-5-12-4-6-13(14(10-12)22-2)24-11-16(17,18)19/h4,6,10H,3,5,7-9,11H2,1-2H3,(H,20,21). The van der Waals surface area contributed by atoms with E-state index in [4.69, 9.17) is 14.2 Å². The highest BCUT2D eigenvalue weighted by Gasteiger charge is 2.29. The van der Waals surface area contributed by atoms with Crippen LogP contribution in [0, 0.1) is 0 Å². The number of hydrogen-bond acceptors (Lipinski definition) is 4. The van der Waals surface area contributed by atoms with Gasteiger partial charge in [-0.3, -0.25) is 4.79 Å². The number of carbonyl (C=O) groups excluding carboxylic acids is 1. The van der Waals surface area contributed by atoms with Crippen LogP contribution in [0.1, 0.15) is 18.9 Å². The lowest BCUT2D eigenvalue weighted by atomic mass is 10.1. The molecule has 0 saturated heterocycles. The van der Waals surface area contributed by atoms with Gasteiger partial charge in [-0.25, -0.2) is 0 Å². The fourth-order valence-corrected chi connectivity index (χ4v) is 1.90. The monoisotopic (exact) mass is 349 g/mol. The molecule has 0 aromatic heterocycles. The summed E-state index contributed by atoms with van der Waals surface area (Å²) in [5, 5.41) is 2.72. The first-order valence-electron chi connectivity index (χ1n) is 7.56. The number of carbonyl (C=O) groups is 1. The molecule has 0 aliphatic carbocycles. The predicted molar refractivity (Wildman–Crippen MR) is 82.4 cm³/mol. The smallest absolute Gasteiger partial charge is 0.422 e. The van der Waals surface area contributed by atoms with Gasteiger partial charge in [0.2, 0.25) is 5.91 Å². The maximum Gasteiger partial charge on any atom is 0.422 e. The second-order valence-electron chi connectivity index (χ2n) is 4.94. The third-order valence-corrected chi connectivity index (χ3v) is 3.03. The lowest BCUT2D eigenvalue weighted by Crippen LogP contribution is -2.27. The summed E-state index contributed by atoms with van der Waals surface area (Å²) in [6.45, 7) is 1.99. The van der Waals surface area contributed by atoms with E-state index in [9.17, 15) is 18.0 Å². The second-order valence-corrected chi connectivity index (χ2v) is 4.94. The topological polar surface area (TPSA) is 56.8 Å². The predicted octanol–water partition coefficient (Wildman–Crippen LogP) is 2.72. The van der Waals surface area contributed by atoms with Gasteiger partial charge in [0.05, 0.1) is 13.7 Å². The summed E-state index contributed by atoms with van der Waals surface area (Å²) < 4.78 is 51.4. The molecule has 0 radical (unpaired) electrons. The molecule has 0 saturated carbocycles. The number of ether oxygens (including phenoxy) is 3. The van der Waals surface area contributed by atoms with Crippen molar-refractivity contribution in [3.05, 3.63) is 23.8 Å². The van der Waals surface area contributed by atoms with Crippen LogP contribution in [0.5, 0.6) is 11.5 Å². The van der Waals surface area contributed by atoms with Gasteiger partial charge < -0.3 is 19.5 Å². The molecule has 0 aliphatic heterocycles. The number of halogens is 3. The summed E-state index contributed by atoms with van der Waals surface area (Å²) in [5.41, 5.74) is 0.770. The van der Waals surface area contributed by atoms with Crippen LogP contribution in [0.3, 0.4) is 0 Å². The number of alkyl halides is 3. The van der Waals surface area contributed by atoms with E-state index in [1.165, 1.54) is 13.2 Å². The minimum Gasteiger partial charge on any atom is -0.493 e. The number of nitrogens with one attached hydrogen (secondary N) is 1. The van der Waals surface area contributed by atoms with E-state index >= 15 is 0 Å². The van der Waals surface area contributed by atoms with Gasteiger partial charge in [0.15, 0.2) is 18.1 Å². The van der Waals surface area contributed by atoms with E-state index in [2.05, 4.69) is 5.32 Å². The SMILES string of the molecule is CCOCCNC(=O)CCc1ccc(OCC(F)(F)F)c(OC)c1. The van der Waals surface area contributed by atoms with Crippen LogP contribution in [0.2, 0.25) is 0 Å². The summed E-state index contributed by atoms with van der Waals surface area (Å²) in [6.07, 6.45) is -3.71. The van der Waals surface area contributed by atoms with Gasteiger partial charge in [-0.05, 0) is 31.0 Å². The molecule has 0 bridgehead atoms. The van der Waals surface area contributed by atoms with Crippen LogP contribution in [-0.4, -0.2) is 45.6 Å². The summed E-state index contributed by atoms with van der Waals surface area (Å²) in [4.78, 5) is 11.7. The zero-order valence-corrected chi connectivity index (χ0v) is 13.7. The minimum absolute atomic E-state index is 0.0136. The van der Waals surface area contributed by atoms with Crippen molar-refractivity contribution < 1.29 is 32.2 Å².